The van der Waals surface area contributed by atoms with Crippen molar-refractivity contribution in [3.05, 3.63) is 51.6 Å². The topological polar surface area (TPSA) is 89.7 Å². The van der Waals surface area contributed by atoms with Crippen LogP contribution in [-0.4, -0.2) is 38.9 Å². The van der Waals surface area contributed by atoms with Gasteiger partial charge in [-0.2, -0.15) is 0 Å². The van der Waals surface area contributed by atoms with Crippen molar-refractivity contribution in [2.75, 3.05) is 18.5 Å². The zero-order chi connectivity index (χ0) is 17.1. The molecule has 0 saturated carbocycles. The number of carbonyl (C=O) groups is 1. The summed E-state index contributed by atoms with van der Waals surface area (Å²) in [5.41, 5.74) is 1.08. The lowest BCUT2D eigenvalue weighted by Gasteiger charge is -2.15. The van der Waals surface area contributed by atoms with Gasteiger partial charge >= 0.3 is 5.97 Å². The number of likely N-dealkylation sites (N-methyl/N-ethyl adjacent to an activating group) is 1. The molecule has 3 heterocycles. The van der Waals surface area contributed by atoms with Gasteiger partial charge in [0.2, 0.25) is 5.95 Å². The lowest BCUT2D eigenvalue weighted by molar-refractivity contribution is -0.143. The summed E-state index contributed by atoms with van der Waals surface area (Å²) in [6.07, 6.45) is 3.19. The highest BCUT2D eigenvalue weighted by Crippen LogP contribution is 2.12. The van der Waals surface area contributed by atoms with Gasteiger partial charge in [-0.15, -0.1) is 11.3 Å². The lowest BCUT2D eigenvalue weighted by atomic mass is 10.4. The molecule has 0 N–H and O–H groups in total. The molecule has 0 aromatic carbocycles. The summed E-state index contributed by atoms with van der Waals surface area (Å²) in [6.45, 7) is 1.79. The molecule has 0 aliphatic carbocycles. The minimum Gasteiger partial charge on any atom is -0.458 e. The largest absolute Gasteiger partial charge is 0.458 e. The molecule has 9 heteroatoms. The summed E-state index contributed by atoms with van der Waals surface area (Å²) in [4.78, 5) is 38.6. The minimum absolute atomic E-state index is 0.00332. The predicted octanol–water partition coefficient (Wildman–Crippen LogP) is 1.03. The van der Waals surface area contributed by atoms with E-state index in [0.717, 1.165) is 5.69 Å². The molecule has 24 heavy (non-hydrogen) atoms. The van der Waals surface area contributed by atoms with Gasteiger partial charge in [-0.3, -0.25) is 14.0 Å². The summed E-state index contributed by atoms with van der Waals surface area (Å²) in [7, 11) is 1.70. The molecule has 0 spiro atoms. The first kappa shape index (κ1) is 16.1. The molecule has 8 nitrogen and oxygen atoms in total. The van der Waals surface area contributed by atoms with Crippen molar-refractivity contribution in [3.63, 3.8) is 0 Å². The van der Waals surface area contributed by atoms with E-state index in [1.807, 2.05) is 12.3 Å². The lowest BCUT2D eigenvalue weighted by Crippen LogP contribution is -2.28. The molecule has 3 aromatic heterocycles. The van der Waals surface area contributed by atoms with Crippen LogP contribution in [0.1, 0.15) is 11.4 Å². The highest BCUT2D eigenvalue weighted by Gasteiger charge is 2.12. The van der Waals surface area contributed by atoms with Crippen LogP contribution in [0.5, 0.6) is 0 Å². The Morgan fingerprint density at radius 2 is 2.12 bits per heavy atom. The second-order valence-electron chi connectivity index (χ2n) is 5.15. The Morgan fingerprint density at radius 1 is 1.38 bits per heavy atom. The molecular weight excluding hydrogens is 330 g/mol. The van der Waals surface area contributed by atoms with Crippen LogP contribution in [0, 0.1) is 6.92 Å². The van der Waals surface area contributed by atoms with Crippen molar-refractivity contribution in [3.8, 4) is 0 Å². The number of hydrogen-bond acceptors (Lipinski definition) is 8. The maximum Gasteiger partial charge on any atom is 0.326 e. The Hall–Kier alpha value is -2.81. The van der Waals surface area contributed by atoms with E-state index in [2.05, 4.69) is 15.0 Å². The maximum absolute atomic E-state index is 12.1. The van der Waals surface area contributed by atoms with E-state index in [-0.39, 0.29) is 18.7 Å². The summed E-state index contributed by atoms with van der Waals surface area (Å²) in [5, 5.41) is 1.86. The molecule has 0 fully saturated rings. The molecular formula is C15H15N5O3S. The van der Waals surface area contributed by atoms with Gasteiger partial charge in [0.05, 0.1) is 5.69 Å². The molecule has 3 rings (SSSR count). The van der Waals surface area contributed by atoms with Gasteiger partial charge in [0.25, 0.3) is 5.56 Å². The van der Waals surface area contributed by atoms with Crippen molar-refractivity contribution in [1.29, 1.82) is 0 Å². The highest BCUT2D eigenvalue weighted by atomic mass is 32.1. The number of esters is 1. The zero-order valence-corrected chi connectivity index (χ0v) is 14.0. The van der Waals surface area contributed by atoms with Crippen molar-refractivity contribution in [2.24, 2.45) is 0 Å². The fourth-order valence-electron chi connectivity index (χ4n) is 2.13. The third-order valence-electron chi connectivity index (χ3n) is 3.27. The summed E-state index contributed by atoms with van der Waals surface area (Å²) < 4.78 is 6.71. The fraction of sp³-hybridized carbons (Fsp3) is 0.267. The molecule has 0 radical (unpaired) electrons. The van der Waals surface area contributed by atoms with Gasteiger partial charge in [-0.1, -0.05) is 0 Å². The summed E-state index contributed by atoms with van der Waals surface area (Å²) >= 11 is 1.37. The standard InChI is InChI=1S/C15H15N5O3S/c1-10-9-24-15-18-11(6-12(21)20(10)15)8-23-13(22)7-19(2)14-16-4-3-5-17-14/h3-6,9H,7-8H2,1-2H3. The number of carbonyl (C=O) groups excluding carboxylic acids is 1. The Labute approximate surface area is 141 Å². The Bertz CT molecular complexity index is 922. The van der Waals surface area contributed by atoms with Crippen LogP contribution in [0.4, 0.5) is 5.95 Å². The van der Waals surface area contributed by atoms with Crippen LogP contribution in [0.25, 0.3) is 4.96 Å². The Balaban J connectivity index is 1.63. The van der Waals surface area contributed by atoms with Gasteiger partial charge in [0, 0.05) is 36.6 Å². The van der Waals surface area contributed by atoms with Gasteiger partial charge in [-0.25, -0.2) is 15.0 Å². The maximum atomic E-state index is 12.1. The van der Waals surface area contributed by atoms with Gasteiger partial charge in [-0.05, 0) is 13.0 Å². The first-order valence-corrected chi connectivity index (χ1v) is 8.03. The number of thiazole rings is 1. The van der Waals surface area contributed by atoms with Crippen LogP contribution in [0.2, 0.25) is 0 Å². The van der Waals surface area contributed by atoms with E-state index in [4.69, 9.17) is 4.74 Å². The SMILES string of the molecule is Cc1csc2nc(COC(=O)CN(C)c3ncccn3)cc(=O)n12. The van der Waals surface area contributed by atoms with E-state index in [1.165, 1.54) is 21.8 Å². The molecule has 0 aliphatic heterocycles. The van der Waals surface area contributed by atoms with Crippen molar-refractivity contribution in [1.82, 2.24) is 19.4 Å². The molecule has 0 bridgehead atoms. The number of nitrogens with zero attached hydrogens (tertiary/aromatic N) is 5. The third-order valence-corrected chi connectivity index (χ3v) is 4.21. The number of hydrogen-bond donors (Lipinski definition) is 0. The molecule has 0 saturated heterocycles. The number of rotatable bonds is 5. The van der Waals surface area contributed by atoms with Crippen molar-refractivity contribution in [2.45, 2.75) is 13.5 Å². The molecule has 3 aromatic rings. The monoisotopic (exact) mass is 345 g/mol. The van der Waals surface area contributed by atoms with E-state index < -0.39 is 5.97 Å². The van der Waals surface area contributed by atoms with E-state index in [9.17, 15) is 9.59 Å². The fourth-order valence-corrected chi connectivity index (χ4v) is 3.02. The highest BCUT2D eigenvalue weighted by molar-refractivity contribution is 7.15. The van der Waals surface area contributed by atoms with Gasteiger partial charge in [0.15, 0.2) is 4.96 Å². The molecule has 0 unspecified atom stereocenters. The number of aryl methyl sites for hydroxylation is 1. The summed E-state index contributed by atoms with van der Waals surface area (Å²) in [6, 6.07) is 3.08. The van der Waals surface area contributed by atoms with E-state index in [0.29, 0.717) is 16.6 Å². The Kier molecular flexibility index (Phi) is 4.52. The molecule has 0 amide bonds. The average molecular weight is 345 g/mol. The normalized spacial score (nSPS) is 10.8. The molecule has 124 valence electrons. The zero-order valence-electron chi connectivity index (χ0n) is 13.2. The van der Waals surface area contributed by atoms with Crippen LogP contribution in [-0.2, 0) is 16.1 Å². The average Bonchev–Trinajstić information content (AvgIpc) is 2.95. The first-order valence-electron chi connectivity index (χ1n) is 7.15. The first-order chi connectivity index (χ1) is 11.5. The third kappa shape index (κ3) is 3.40. The predicted molar refractivity (Wildman–Crippen MR) is 89.2 cm³/mol. The van der Waals surface area contributed by atoms with Crippen LogP contribution < -0.4 is 10.5 Å². The Morgan fingerprint density at radius 3 is 2.88 bits per heavy atom. The van der Waals surface area contributed by atoms with Crippen LogP contribution >= 0.6 is 11.3 Å². The van der Waals surface area contributed by atoms with Crippen LogP contribution in [0.15, 0.2) is 34.7 Å². The smallest absolute Gasteiger partial charge is 0.326 e. The minimum atomic E-state index is -0.450. The number of fused-ring (bicyclic) bond motifs is 1. The van der Waals surface area contributed by atoms with Gasteiger partial charge in [0.1, 0.15) is 13.2 Å². The number of aromatic nitrogens is 4. The van der Waals surface area contributed by atoms with E-state index in [1.54, 1.807) is 30.4 Å². The van der Waals surface area contributed by atoms with Crippen molar-refractivity contribution >= 4 is 28.2 Å². The van der Waals surface area contributed by atoms with Gasteiger partial charge < -0.3 is 9.64 Å². The summed E-state index contributed by atoms with van der Waals surface area (Å²) in [5.74, 6) is -0.0180. The van der Waals surface area contributed by atoms with Crippen molar-refractivity contribution < 1.29 is 9.53 Å². The van der Waals surface area contributed by atoms with Crippen LogP contribution in [0.3, 0.4) is 0 Å². The number of anilines is 1. The van der Waals surface area contributed by atoms with E-state index >= 15 is 0 Å². The number of ether oxygens (including phenoxy) is 1. The second-order valence-corrected chi connectivity index (χ2v) is 5.98. The molecule has 0 aliphatic rings. The molecule has 0 atom stereocenters. The second kappa shape index (κ2) is 6.75. The quantitative estimate of drug-likeness (QED) is 0.638.